The molecule has 2 N–H and O–H groups in total. The second-order valence-electron chi connectivity index (χ2n) is 5.74. The van der Waals surface area contributed by atoms with Gasteiger partial charge in [0.05, 0.1) is 0 Å². The lowest BCUT2D eigenvalue weighted by Gasteiger charge is -2.37. The molecule has 1 fully saturated rings. The number of halogens is 2. The normalized spacial score (nSPS) is 17.5. The van der Waals surface area contributed by atoms with Crippen molar-refractivity contribution < 1.29 is 18.8 Å². The van der Waals surface area contributed by atoms with E-state index in [4.69, 9.17) is 10.0 Å². The minimum Gasteiger partial charge on any atom is -0.423 e. The van der Waals surface area contributed by atoms with Crippen molar-refractivity contribution in [3.63, 3.8) is 0 Å². The molecule has 0 amide bonds. The van der Waals surface area contributed by atoms with E-state index in [-0.39, 0.29) is 17.6 Å². The average Bonchev–Trinajstić information content (AvgIpc) is 2.43. The summed E-state index contributed by atoms with van der Waals surface area (Å²) in [6, 6.07) is 2.44. The molecule has 1 saturated heterocycles. The van der Waals surface area contributed by atoms with Gasteiger partial charge in [0.25, 0.3) is 0 Å². The molecule has 1 aromatic rings. The molecule has 4 nitrogen and oxygen atoms in total. The van der Waals surface area contributed by atoms with Crippen molar-refractivity contribution in [3.8, 4) is 0 Å². The minimum absolute atomic E-state index is 0.0163. The minimum atomic E-state index is -1.86. The van der Waals surface area contributed by atoms with Gasteiger partial charge in [-0.15, -0.1) is 0 Å². The van der Waals surface area contributed by atoms with Crippen molar-refractivity contribution >= 4 is 12.6 Å². The molecule has 1 aliphatic heterocycles. The highest BCUT2D eigenvalue weighted by atomic mass is 19.1. The summed E-state index contributed by atoms with van der Waals surface area (Å²) in [6.07, 6.45) is 0. The molecule has 116 valence electrons. The van der Waals surface area contributed by atoms with Crippen LogP contribution in [0.5, 0.6) is 0 Å². The van der Waals surface area contributed by atoms with E-state index in [2.05, 4.69) is 18.7 Å². The summed E-state index contributed by atoms with van der Waals surface area (Å²) in [5.74, 6) is -1.46. The third kappa shape index (κ3) is 4.00. The molecule has 0 saturated carbocycles. The van der Waals surface area contributed by atoms with E-state index in [1.54, 1.807) is 0 Å². The van der Waals surface area contributed by atoms with Crippen LogP contribution in [0.2, 0.25) is 0 Å². The van der Waals surface area contributed by atoms with Crippen LogP contribution in [0.4, 0.5) is 8.78 Å². The molecule has 2 rings (SSSR count). The van der Waals surface area contributed by atoms with Crippen molar-refractivity contribution in [2.45, 2.75) is 26.4 Å². The van der Waals surface area contributed by atoms with Crippen LogP contribution in [0.1, 0.15) is 19.4 Å². The smallest absolute Gasteiger partial charge is 0.423 e. The average molecular weight is 298 g/mol. The van der Waals surface area contributed by atoms with Crippen LogP contribution in [-0.4, -0.2) is 59.2 Å². The number of nitrogens with zero attached hydrogens (tertiary/aromatic N) is 2. The first-order valence-electron chi connectivity index (χ1n) is 7.19. The van der Waals surface area contributed by atoms with Gasteiger partial charge in [-0.3, -0.25) is 9.80 Å². The van der Waals surface area contributed by atoms with E-state index in [0.29, 0.717) is 6.04 Å². The molecule has 1 heterocycles. The summed E-state index contributed by atoms with van der Waals surface area (Å²) < 4.78 is 27.9. The van der Waals surface area contributed by atoms with E-state index in [1.165, 1.54) is 0 Å². The summed E-state index contributed by atoms with van der Waals surface area (Å²) in [5, 5.41) is 17.9. The van der Waals surface area contributed by atoms with Crippen LogP contribution in [0.25, 0.3) is 0 Å². The fourth-order valence-electron chi connectivity index (χ4n) is 2.58. The molecular formula is C14H21BF2N2O2. The molecule has 0 atom stereocenters. The van der Waals surface area contributed by atoms with E-state index < -0.39 is 18.8 Å². The maximum absolute atomic E-state index is 13.9. The second-order valence-corrected chi connectivity index (χ2v) is 5.74. The topological polar surface area (TPSA) is 46.9 Å². The van der Waals surface area contributed by atoms with Gasteiger partial charge in [0.15, 0.2) is 0 Å². The Bertz CT molecular complexity index is 469. The number of hydrogen-bond donors (Lipinski definition) is 2. The first-order chi connectivity index (χ1) is 9.88. The Morgan fingerprint density at radius 2 is 1.62 bits per heavy atom. The van der Waals surface area contributed by atoms with Crippen LogP contribution in [-0.2, 0) is 6.54 Å². The summed E-state index contributed by atoms with van der Waals surface area (Å²) in [7, 11) is -1.86. The predicted molar refractivity (Wildman–Crippen MR) is 78.2 cm³/mol. The Morgan fingerprint density at radius 1 is 1.10 bits per heavy atom. The third-order valence-electron chi connectivity index (χ3n) is 3.98. The predicted octanol–water partition coefficient (Wildman–Crippen LogP) is 0.171. The zero-order chi connectivity index (χ0) is 15.6. The van der Waals surface area contributed by atoms with Crippen molar-refractivity contribution in [2.24, 2.45) is 0 Å². The van der Waals surface area contributed by atoms with Crippen molar-refractivity contribution in [2.75, 3.05) is 26.2 Å². The van der Waals surface area contributed by atoms with Gasteiger partial charge in [0, 0.05) is 44.3 Å². The molecule has 0 aromatic heterocycles. The lowest BCUT2D eigenvalue weighted by Crippen LogP contribution is -2.48. The zero-order valence-corrected chi connectivity index (χ0v) is 12.4. The number of rotatable bonds is 4. The zero-order valence-electron chi connectivity index (χ0n) is 12.4. The van der Waals surface area contributed by atoms with Crippen LogP contribution in [0.15, 0.2) is 12.1 Å². The summed E-state index contributed by atoms with van der Waals surface area (Å²) in [6.45, 7) is 7.76. The first kappa shape index (κ1) is 16.4. The second kappa shape index (κ2) is 6.83. The fourth-order valence-corrected chi connectivity index (χ4v) is 2.58. The Labute approximate surface area is 124 Å². The molecule has 0 spiro atoms. The van der Waals surface area contributed by atoms with E-state index >= 15 is 0 Å². The standard InChI is InChI=1S/C14H21BF2N2O2/c1-10(2)19-5-3-18(4-6-19)9-12-13(16)7-11(15(20)21)8-14(12)17/h7-8,10,20-21H,3-6,9H2,1-2H3. The van der Waals surface area contributed by atoms with E-state index in [0.717, 1.165) is 38.3 Å². The number of piperazine rings is 1. The maximum atomic E-state index is 13.9. The summed E-state index contributed by atoms with van der Waals surface area (Å²) >= 11 is 0. The molecule has 1 aliphatic rings. The molecule has 7 heteroatoms. The van der Waals surface area contributed by atoms with Gasteiger partial charge in [-0.2, -0.15) is 0 Å². The highest BCUT2D eigenvalue weighted by Crippen LogP contribution is 2.16. The number of hydrogen-bond acceptors (Lipinski definition) is 4. The van der Waals surface area contributed by atoms with E-state index in [1.807, 2.05) is 4.90 Å². The Kier molecular flexibility index (Phi) is 5.32. The lowest BCUT2D eigenvalue weighted by atomic mass is 9.79. The van der Waals surface area contributed by atoms with E-state index in [9.17, 15) is 8.78 Å². The molecule has 1 aromatic carbocycles. The first-order valence-corrected chi connectivity index (χ1v) is 7.19. The van der Waals surface area contributed by atoms with Crippen LogP contribution < -0.4 is 5.46 Å². The van der Waals surface area contributed by atoms with Crippen LogP contribution >= 0.6 is 0 Å². The van der Waals surface area contributed by atoms with Gasteiger partial charge < -0.3 is 10.0 Å². The van der Waals surface area contributed by atoms with Gasteiger partial charge in [-0.05, 0) is 31.4 Å². The van der Waals surface area contributed by atoms with Crippen LogP contribution in [0, 0.1) is 11.6 Å². The largest absolute Gasteiger partial charge is 0.488 e. The van der Waals surface area contributed by atoms with Crippen molar-refractivity contribution in [3.05, 3.63) is 29.3 Å². The number of benzene rings is 1. The fraction of sp³-hybridized carbons (Fsp3) is 0.571. The highest BCUT2D eigenvalue weighted by Gasteiger charge is 2.23. The molecule has 21 heavy (non-hydrogen) atoms. The Morgan fingerprint density at radius 3 is 2.05 bits per heavy atom. The Balaban J connectivity index is 2.04. The molecule has 0 radical (unpaired) electrons. The third-order valence-corrected chi connectivity index (χ3v) is 3.98. The van der Waals surface area contributed by atoms with Crippen LogP contribution in [0.3, 0.4) is 0 Å². The van der Waals surface area contributed by atoms with Gasteiger partial charge in [-0.25, -0.2) is 8.78 Å². The SMILES string of the molecule is CC(C)N1CCN(Cc2c(F)cc(B(O)O)cc2F)CC1. The monoisotopic (exact) mass is 298 g/mol. The molecular weight excluding hydrogens is 277 g/mol. The summed E-state index contributed by atoms with van der Waals surface area (Å²) in [4.78, 5) is 4.34. The molecule has 0 unspecified atom stereocenters. The van der Waals surface area contributed by atoms with Gasteiger partial charge >= 0.3 is 7.12 Å². The van der Waals surface area contributed by atoms with Gasteiger partial charge in [0.1, 0.15) is 11.6 Å². The van der Waals surface area contributed by atoms with Crippen molar-refractivity contribution in [1.29, 1.82) is 0 Å². The van der Waals surface area contributed by atoms with Crippen molar-refractivity contribution in [1.82, 2.24) is 9.80 Å². The summed E-state index contributed by atoms with van der Waals surface area (Å²) in [5.41, 5.74) is -0.184. The maximum Gasteiger partial charge on any atom is 0.488 e. The molecule has 0 aliphatic carbocycles. The van der Waals surface area contributed by atoms with Gasteiger partial charge in [0.2, 0.25) is 0 Å². The quantitative estimate of drug-likeness (QED) is 0.778. The highest BCUT2D eigenvalue weighted by molar-refractivity contribution is 6.58. The molecule has 0 bridgehead atoms. The Hall–Kier alpha value is -1.02. The van der Waals surface area contributed by atoms with Gasteiger partial charge in [-0.1, -0.05) is 0 Å². The lowest BCUT2D eigenvalue weighted by molar-refractivity contribution is 0.102.